The molecule has 0 amide bonds. The van der Waals surface area contributed by atoms with Gasteiger partial charge in [-0.25, -0.2) is 0 Å². The number of likely N-dealkylation sites (tertiary alicyclic amines) is 1. The molecule has 0 aromatic rings. The fourth-order valence-electron chi connectivity index (χ4n) is 2.22. The van der Waals surface area contributed by atoms with Gasteiger partial charge in [0.05, 0.1) is 0 Å². The molecule has 0 saturated carbocycles. The van der Waals surface area contributed by atoms with Crippen molar-refractivity contribution in [3.05, 3.63) is 0 Å². The molecule has 16 heavy (non-hydrogen) atoms. The summed E-state index contributed by atoms with van der Waals surface area (Å²) in [4.78, 5) is 2.65. The third-order valence-corrected chi connectivity index (χ3v) is 3.93. The lowest BCUT2D eigenvalue weighted by Gasteiger charge is -2.35. The van der Waals surface area contributed by atoms with Gasteiger partial charge in [-0.3, -0.25) is 4.90 Å². The van der Waals surface area contributed by atoms with Gasteiger partial charge in [-0.2, -0.15) is 0 Å². The fraction of sp³-hybridized carbons (Fsp3) is 1.00. The molecule has 1 atom stereocenters. The first-order valence-corrected chi connectivity index (χ1v) is 6.75. The lowest BCUT2D eigenvalue weighted by atomic mass is 10.00. The monoisotopic (exact) mass is 226 g/mol. The fourth-order valence-corrected chi connectivity index (χ4v) is 2.22. The summed E-state index contributed by atoms with van der Waals surface area (Å²) in [5.74, 6) is 0.838. The molecule has 2 heteroatoms. The zero-order chi connectivity index (χ0) is 12.4. The smallest absolute Gasteiger partial charge is 0.0150 e. The standard InChI is InChI=1S/C14H30N2/c1-7-14(5,6)16-9-8-12(11-16)10-15-13(2,3)4/h12,15H,7-11H2,1-6H3. The van der Waals surface area contributed by atoms with Gasteiger partial charge in [0.15, 0.2) is 0 Å². The van der Waals surface area contributed by atoms with Gasteiger partial charge in [-0.15, -0.1) is 0 Å². The topological polar surface area (TPSA) is 15.3 Å². The Kier molecular flexibility index (Phi) is 4.42. The Balaban J connectivity index is 2.36. The SMILES string of the molecule is CCC(C)(C)N1CCC(CNC(C)(C)C)C1. The predicted octanol–water partition coefficient (Wildman–Crippen LogP) is 2.89. The minimum atomic E-state index is 0.258. The van der Waals surface area contributed by atoms with Crippen molar-refractivity contribution in [2.45, 2.75) is 65.5 Å². The summed E-state index contributed by atoms with van der Waals surface area (Å²) >= 11 is 0. The average Bonchev–Trinajstić information content (AvgIpc) is 2.62. The van der Waals surface area contributed by atoms with Crippen molar-refractivity contribution in [3.63, 3.8) is 0 Å². The van der Waals surface area contributed by atoms with Gasteiger partial charge < -0.3 is 5.32 Å². The molecule has 1 fully saturated rings. The molecule has 0 aromatic heterocycles. The summed E-state index contributed by atoms with van der Waals surface area (Å²) in [6.07, 6.45) is 2.60. The van der Waals surface area contributed by atoms with Crippen molar-refractivity contribution >= 4 is 0 Å². The van der Waals surface area contributed by atoms with Crippen LogP contribution in [0.15, 0.2) is 0 Å². The van der Waals surface area contributed by atoms with Crippen molar-refractivity contribution in [1.82, 2.24) is 10.2 Å². The van der Waals surface area contributed by atoms with Gasteiger partial charge >= 0.3 is 0 Å². The maximum atomic E-state index is 3.63. The van der Waals surface area contributed by atoms with Gasteiger partial charge in [0.1, 0.15) is 0 Å². The summed E-state index contributed by atoms with van der Waals surface area (Å²) in [5, 5.41) is 3.63. The molecule has 1 saturated heterocycles. The third-order valence-electron chi connectivity index (χ3n) is 3.93. The molecule has 1 rings (SSSR count). The summed E-state index contributed by atoms with van der Waals surface area (Å²) in [6, 6.07) is 0. The van der Waals surface area contributed by atoms with E-state index >= 15 is 0 Å². The van der Waals surface area contributed by atoms with E-state index in [2.05, 4.69) is 51.8 Å². The van der Waals surface area contributed by atoms with Crippen LogP contribution in [0.5, 0.6) is 0 Å². The summed E-state index contributed by atoms with van der Waals surface area (Å²) in [7, 11) is 0. The Morgan fingerprint density at radius 2 is 1.81 bits per heavy atom. The van der Waals surface area contributed by atoms with Crippen LogP contribution >= 0.6 is 0 Å². The van der Waals surface area contributed by atoms with Crippen molar-refractivity contribution in [1.29, 1.82) is 0 Å². The highest BCUT2D eigenvalue weighted by Gasteiger charge is 2.32. The molecule has 0 aliphatic carbocycles. The number of nitrogens with zero attached hydrogens (tertiary/aromatic N) is 1. The molecular weight excluding hydrogens is 196 g/mol. The first-order chi connectivity index (χ1) is 7.24. The van der Waals surface area contributed by atoms with Crippen LogP contribution in [0.3, 0.4) is 0 Å². The van der Waals surface area contributed by atoms with Crippen molar-refractivity contribution in [2.75, 3.05) is 19.6 Å². The maximum Gasteiger partial charge on any atom is 0.0150 e. The van der Waals surface area contributed by atoms with Crippen LogP contribution < -0.4 is 5.32 Å². The van der Waals surface area contributed by atoms with Crippen molar-refractivity contribution in [2.24, 2.45) is 5.92 Å². The van der Waals surface area contributed by atoms with E-state index in [-0.39, 0.29) is 5.54 Å². The van der Waals surface area contributed by atoms with Crippen LogP contribution in [0.1, 0.15) is 54.4 Å². The molecule has 0 bridgehead atoms. The van der Waals surface area contributed by atoms with Gasteiger partial charge in [-0.1, -0.05) is 6.92 Å². The second kappa shape index (κ2) is 5.05. The van der Waals surface area contributed by atoms with E-state index in [4.69, 9.17) is 0 Å². The molecule has 1 unspecified atom stereocenters. The van der Waals surface area contributed by atoms with E-state index in [9.17, 15) is 0 Å². The van der Waals surface area contributed by atoms with Crippen molar-refractivity contribution in [3.8, 4) is 0 Å². The van der Waals surface area contributed by atoms with Crippen LogP contribution in [0.2, 0.25) is 0 Å². The number of nitrogens with one attached hydrogen (secondary N) is 1. The molecule has 0 spiro atoms. The van der Waals surface area contributed by atoms with Crippen LogP contribution in [-0.2, 0) is 0 Å². The van der Waals surface area contributed by atoms with Crippen LogP contribution in [0.25, 0.3) is 0 Å². The molecule has 1 aliphatic heterocycles. The molecule has 1 heterocycles. The zero-order valence-electron chi connectivity index (χ0n) is 12.1. The average molecular weight is 226 g/mol. The normalized spacial score (nSPS) is 24.0. The van der Waals surface area contributed by atoms with E-state index in [1.165, 1.54) is 32.5 Å². The van der Waals surface area contributed by atoms with E-state index in [0.717, 1.165) is 5.92 Å². The second-order valence-electron chi connectivity index (χ2n) is 6.90. The Morgan fingerprint density at radius 3 is 2.31 bits per heavy atom. The molecule has 0 aromatic carbocycles. The molecular formula is C14H30N2. The molecule has 1 aliphatic rings. The van der Waals surface area contributed by atoms with Gasteiger partial charge in [0.2, 0.25) is 0 Å². The second-order valence-corrected chi connectivity index (χ2v) is 6.90. The predicted molar refractivity (Wildman–Crippen MR) is 71.8 cm³/mol. The highest BCUT2D eigenvalue weighted by molar-refractivity contribution is 4.88. The summed E-state index contributed by atoms with van der Waals surface area (Å²) < 4.78 is 0. The minimum absolute atomic E-state index is 0.258. The van der Waals surface area contributed by atoms with E-state index in [1.807, 2.05) is 0 Å². The Hall–Kier alpha value is -0.0800. The molecule has 1 N–H and O–H groups in total. The number of hydrogen-bond donors (Lipinski definition) is 1. The van der Waals surface area contributed by atoms with Gasteiger partial charge in [0, 0.05) is 17.6 Å². The molecule has 96 valence electrons. The first kappa shape index (κ1) is 14.0. The van der Waals surface area contributed by atoms with Gasteiger partial charge in [0.25, 0.3) is 0 Å². The van der Waals surface area contributed by atoms with Gasteiger partial charge in [-0.05, 0) is 66.5 Å². The van der Waals surface area contributed by atoms with E-state index in [1.54, 1.807) is 0 Å². The summed E-state index contributed by atoms with van der Waals surface area (Å²) in [6.45, 7) is 17.5. The third kappa shape index (κ3) is 4.06. The molecule has 0 radical (unpaired) electrons. The Morgan fingerprint density at radius 1 is 1.19 bits per heavy atom. The summed E-state index contributed by atoms with van der Waals surface area (Å²) in [5.41, 5.74) is 0.643. The van der Waals surface area contributed by atoms with Crippen molar-refractivity contribution < 1.29 is 0 Å². The lowest BCUT2D eigenvalue weighted by Crippen LogP contribution is -2.43. The highest BCUT2D eigenvalue weighted by Crippen LogP contribution is 2.26. The largest absolute Gasteiger partial charge is 0.312 e. The van der Waals surface area contributed by atoms with Crippen LogP contribution in [0.4, 0.5) is 0 Å². The highest BCUT2D eigenvalue weighted by atomic mass is 15.2. The van der Waals surface area contributed by atoms with Crippen LogP contribution in [-0.4, -0.2) is 35.6 Å². The zero-order valence-corrected chi connectivity index (χ0v) is 12.1. The van der Waals surface area contributed by atoms with Crippen LogP contribution in [0, 0.1) is 5.92 Å². The lowest BCUT2D eigenvalue weighted by molar-refractivity contribution is 0.143. The quantitative estimate of drug-likeness (QED) is 0.793. The minimum Gasteiger partial charge on any atom is -0.312 e. The maximum absolute atomic E-state index is 3.63. The first-order valence-electron chi connectivity index (χ1n) is 6.75. The van der Waals surface area contributed by atoms with E-state index < -0.39 is 0 Å². The van der Waals surface area contributed by atoms with E-state index in [0.29, 0.717) is 5.54 Å². The molecule has 2 nitrogen and oxygen atoms in total. The Bertz CT molecular complexity index is 215. The Labute approximate surface area is 102 Å². The number of hydrogen-bond acceptors (Lipinski definition) is 2. The number of rotatable bonds is 4.